The van der Waals surface area contributed by atoms with Crippen molar-refractivity contribution in [2.75, 3.05) is 26.7 Å². The highest BCUT2D eigenvalue weighted by molar-refractivity contribution is 14.0. The zero-order valence-corrected chi connectivity index (χ0v) is 18.9. The van der Waals surface area contributed by atoms with E-state index in [1.54, 1.807) is 12.1 Å². The summed E-state index contributed by atoms with van der Waals surface area (Å²) in [7, 11) is 1.49. The summed E-state index contributed by atoms with van der Waals surface area (Å²) in [5.74, 6) is 0.977. The van der Waals surface area contributed by atoms with Gasteiger partial charge in [-0.25, -0.2) is 4.99 Å². The fourth-order valence-corrected chi connectivity index (χ4v) is 2.09. The monoisotopic (exact) mass is 514 g/mol. The number of alkyl halides is 2. The second-order valence-corrected chi connectivity index (χ2v) is 5.92. The van der Waals surface area contributed by atoms with E-state index in [4.69, 9.17) is 4.74 Å². The van der Waals surface area contributed by atoms with Crippen LogP contribution < -0.4 is 25.4 Å². The first kappa shape index (κ1) is 26.1. The van der Waals surface area contributed by atoms with Crippen molar-refractivity contribution in [2.24, 2.45) is 10.9 Å². The predicted octanol–water partition coefficient (Wildman–Crippen LogP) is 2.74. The molecule has 7 nitrogen and oxygen atoms in total. The topological polar surface area (TPSA) is 84.0 Å². The molecule has 0 aromatic heterocycles. The Morgan fingerprint density at radius 2 is 1.86 bits per heavy atom. The highest BCUT2D eigenvalue weighted by atomic mass is 127. The van der Waals surface area contributed by atoms with Crippen molar-refractivity contribution in [1.82, 2.24) is 16.0 Å². The molecule has 0 unspecified atom stereocenters. The van der Waals surface area contributed by atoms with Crippen LogP contribution in [0.25, 0.3) is 0 Å². The zero-order valence-electron chi connectivity index (χ0n) is 16.6. The maximum Gasteiger partial charge on any atom is 0.387 e. The number of ether oxygens (including phenoxy) is 2. The number of rotatable bonds is 10. The smallest absolute Gasteiger partial charge is 0.387 e. The number of guanidine groups is 1. The Bertz CT molecular complexity index is 631. The predicted molar refractivity (Wildman–Crippen MR) is 116 cm³/mol. The van der Waals surface area contributed by atoms with Gasteiger partial charge in [-0.1, -0.05) is 13.8 Å². The van der Waals surface area contributed by atoms with Gasteiger partial charge in [-0.3, -0.25) is 4.79 Å². The summed E-state index contributed by atoms with van der Waals surface area (Å²) in [6.07, 6.45) is 0. The van der Waals surface area contributed by atoms with Gasteiger partial charge in [0.15, 0.2) is 5.96 Å². The third-order valence-electron chi connectivity index (χ3n) is 3.48. The molecule has 1 rings (SSSR count). The molecule has 1 amide bonds. The highest BCUT2D eigenvalue weighted by Gasteiger charge is 2.11. The standard InChI is InChI=1S/C18H28F2N4O3.HI/c1-5-21-18(23-9-8-22-16(25)12(2)3)24-11-13-10-14(26-4)6-7-15(13)27-17(19)20;/h6-7,10,12,17H,5,8-9,11H2,1-4H3,(H,22,25)(H2,21,23,24);1H. The molecule has 10 heteroatoms. The van der Waals surface area contributed by atoms with Crippen molar-refractivity contribution in [1.29, 1.82) is 0 Å². The van der Waals surface area contributed by atoms with E-state index in [-0.39, 0.29) is 48.1 Å². The minimum atomic E-state index is -2.92. The first-order valence-corrected chi connectivity index (χ1v) is 8.79. The normalized spacial score (nSPS) is 11.1. The average molecular weight is 514 g/mol. The van der Waals surface area contributed by atoms with Crippen LogP contribution >= 0.6 is 24.0 Å². The van der Waals surface area contributed by atoms with Gasteiger partial charge in [-0.2, -0.15) is 8.78 Å². The lowest BCUT2D eigenvalue weighted by molar-refractivity contribution is -0.123. The third kappa shape index (κ3) is 9.90. The van der Waals surface area contributed by atoms with Crippen molar-refractivity contribution >= 4 is 35.8 Å². The lowest BCUT2D eigenvalue weighted by Crippen LogP contribution is -2.42. The van der Waals surface area contributed by atoms with Gasteiger partial charge in [0.25, 0.3) is 0 Å². The number of nitrogens with one attached hydrogen (secondary N) is 3. The molecule has 0 aliphatic rings. The van der Waals surface area contributed by atoms with Crippen LogP contribution in [0, 0.1) is 5.92 Å². The molecule has 0 saturated carbocycles. The van der Waals surface area contributed by atoms with Crippen LogP contribution in [-0.4, -0.2) is 45.2 Å². The first-order valence-electron chi connectivity index (χ1n) is 8.79. The van der Waals surface area contributed by atoms with E-state index >= 15 is 0 Å². The first-order chi connectivity index (χ1) is 12.9. The lowest BCUT2D eigenvalue weighted by Gasteiger charge is -2.14. The third-order valence-corrected chi connectivity index (χ3v) is 3.48. The molecule has 0 spiro atoms. The molecule has 0 saturated heterocycles. The fourth-order valence-electron chi connectivity index (χ4n) is 2.09. The zero-order chi connectivity index (χ0) is 20.2. The molecule has 0 heterocycles. The number of methoxy groups -OCH3 is 1. The van der Waals surface area contributed by atoms with Crippen molar-refractivity contribution in [2.45, 2.75) is 33.9 Å². The summed E-state index contributed by atoms with van der Waals surface area (Å²) in [5, 5.41) is 8.93. The Labute approximate surface area is 181 Å². The summed E-state index contributed by atoms with van der Waals surface area (Å²) in [6.45, 7) is 4.30. The van der Waals surface area contributed by atoms with E-state index in [0.29, 0.717) is 36.9 Å². The largest absolute Gasteiger partial charge is 0.497 e. The highest BCUT2D eigenvalue weighted by Crippen LogP contribution is 2.26. The van der Waals surface area contributed by atoms with Crippen LogP contribution in [-0.2, 0) is 11.3 Å². The maximum absolute atomic E-state index is 12.6. The molecule has 0 atom stereocenters. The van der Waals surface area contributed by atoms with Gasteiger partial charge in [0.1, 0.15) is 11.5 Å². The summed E-state index contributed by atoms with van der Waals surface area (Å²) in [6, 6.07) is 4.58. The quantitative estimate of drug-likeness (QED) is 0.194. The molecule has 1 aromatic rings. The molecular formula is C18H29F2IN4O3. The van der Waals surface area contributed by atoms with Gasteiger partial charge in [0.05, 0.1) is 13.7 Å². The Kier molecular flexibility index (Phi) is 13.3. The van der Waals surface area contributed by atoms with E-state index in [1.807, 2.05) is 20.8 Å². The van der Waals surface area contributed by atoms with Crippen LogP contribution in [0.4, 0.5) is 8.78 Å². The van der Waals surface area contributed by atoms with Gasteiger partial charge in [-0.15, -0.1) is 24.0 Å². The van der Waals surface area contributed by atoms with E-state index < -0.39 is 6.61 Å². The van der Waals surface area contributed by atoms with E-state index in [0.717, 1.165) is 0 Å². The molecular weight excluding hydrogens is 485 g/mol. The van der Waals surface area contributed by atoms with Crippen LogP contribution in [0.15, 0.2) is 23.2 Å². The van der Waals surface area contributed by atoms with Gasteiger partial charge >= 0.3 is 6.61 Å². The van der Waals surface area contributed by atoms with Gasteiger partial charge in [0.2, 0.25) is 5.91 Å². The van der Waals surface area contributed by atoms with E-state index in [9.17, 15) is 13.6 Å². The molecule has 3 N–H and O–H groups in total. The number of aliphatic imine (C=N–C) groups is 1. The fraction of sp³-hybridized carbons (Fsp3) is 0.556. The molecule has 0 fully saturated rings. The van der Waals surface area contributed by atoms with Crippen LogP contribution in [0.5, 0.6) is 11.5 Å². The molecule has 0 aliphatic carbocycles. The molecule has 28 heavy (non-hydrogen) atoms. The number of nitrogens with zero attached hydrogens (tertiary/aromatic N) is 1. The Balaban J connectivity index is 0.00000729. The molecule has 1 aromatic carbocycles. The van der Waals surface area contributed by atoms with E-state index in [2.05, 4.69) is 25.7 Å². The molecule has 0 aliphatic heterocycles. The van der Waals surface area contributed by atoms with Crippen molar-refractivity contribution in [3.8, 4) is 11.5 Å². The maximum atomic E-state index is 12.6. The average Bonchev–Trinajstić information content (AvgIpc) is 2.63. The lowest BCUT2D eigenvalue weighted by atomic mass is 10.2. The number of halogens is 3. The second-order valence-electron chi connectivity index (χ2n) is 5.92. The summed E-state index contributed by atoms with van der Waals surface area (Å²) in [5.41, 5.74) is 0.472. The Morgan fingerprint density at radius 1 is 1.18 bits per heavy atom. The minimum absolute atomic E-state index is 0. The molecule has 160 valence electrons. The second kappa shape index (κ2) is 14.2. The Hall–Kier alpha value is -1.85. The van der Waals surface area contributed by atoms with Crippen molar-refractivity contribution < 1.29 is 23.0 Å². The number of benzene rings is 1. The Morgan fingerprint density at radius 3 is 2.43 bits per heavy atom. The number of hydrogen-bond acceptors (Lipinski definition) is 4. The summed E-state index contributed by atoms with van der Waals surface area (Å²) >= 11 is 0. The van der Waals surface area contributed by atoms with Crippen molar-refractivity contribution in [3.63, 3.8) is 0 Å². The number of carbonyl (C=O) groups is 1. The van der Waals surface area contributed by atoms with Crippen LogP contribution in [0.1, 0.15) is 26.3 Å². The summed E-state index contributed by atoms with van der Waals surface area (Å²) < 4.78 is 34.8. The van der Waals surface area contributed by atoms with E-state index in [1.165, 1.54) is 13.2 Å². The molecule has 0 radical (unpaired) electrons. The SMILES string of the molecule is CCNC(=NCc1cc(OC)ccc1OC(F)F)NCCNC(=O)C(C)C.I. The van der Waals surface area contributed by atoms with Gasteiger partial charge < -0.3 is 25.4 Å². The number of hydrogen-bond donors (Lipinski definition) is 3. The van der Waals surface area contributed by atoms with Gasteiger partial charge in [-0.05, 0) is 25.1 Å². The van der Waals surface area contributed by atoms with Crippen LogP contribution in [0.2, 0.25) is 0 Å². The molecule has 0 bridgehead atoms. The van der Waals surface area contributed by atoms with Gasteiger partial charge in [0, 0.05) is 31.1 Å². The summed E-state index contributed by atoms with van der Waals surface area (Å²) in [4.78, 5) is 15.9. The van der Waals surface area contributed by atoms with Crippen molar-refractivity contribution in [3.05, 3.63) is 23.8 Å². The number of carbonyl (C=O) groups excluding carboxylic acids is 1. The number of amides is 1. The van der Waals surface area contributed by atoms with Crippen LogP contribution in [0.3, 0.4) is 0 Å². The minimum Gasteiger partial charge on any atom is -0.497 e.